The van der Waals surface area contributed by atoms with E-state index >= 15 is 0 Å². The summed E-state index contributed by atoms with van der Waals surface area (Å²) in [5, 5.41) is 10.1. The van der Waals surface area contributed by atoms with Gasteiger partial charge in [-0.1, -0.05) is 43.7 Å². The smallest absolute Gasteiger partial charge is 0.0670 e. The Morgan fingerprint density at radius 2 is 2.00 bits per heavy atom. The van der Waals surface area contributed by atoms with Crippen LogP contribution in [0, 0.1) is 11.8 Å². The van der Waals surface area contributed by atoms with Crippen LogP contribution in [0.3, 0.4) is 0 Å². The number of hydrogen-bond donors (Lipinski definition) is 1. The minimum Gasteiger partial charge on any atom is -0.392 e. The molecule has 104 valence electrons. The lowest BCUT2D eigenvalue weighted by Gasteiger charge is -2.49. The van der Waals surface area contributed by atoms with Crippen LogP contribution in [0.4, 0.5) is 0 Å². The first-order chi connectivity index (χ1) is 9.24. The molecule has 2 fully saturated rings. The number of aliphatic hydroxyl groups is 1. The van der Waals surface area contributed by atoms with E-state index in [0.29, 0.717) is 12.0 Å². The highest BCUT2D eigenvalue weighted by Gasteiger charge is 2.40. The zero-order valence-electron chi connectivity index (χ0n) is 11.8. The molecule has 0 amide bonds. The van der Waals surface area contributed by atoms with Gasteiger partial charge in [-0.25, -0.2) is 0 Å². The second-order valence-corrected chi connectivity index (χ2v) is 6.46. The van der Waals surface area contributed by atoms with Crippen LogP contribution >= 0.6 is 0 Å². The molecule has 1 aromatic rings. The van der Waals surface area contributed by atoms with E-state index in [9.17, 15) is 5.11 Å². The number of hydrogen-bond acceptors (Lipinski definition) is 2. The Bertz CT molecular complexity index is 405. The molecule has 0 bridgehead atoms. The molecule has 1 aliphatic carbocycles. The Labute approximate surface area is 116 Å². The molecule has 0 unspecified atom stereocenters. The Hall–Kier alpha value is -0.860. The summed E-state index contributed by atoms with van der Waals surface area (Å²) in [6.45, 7) is 4.23. The fourth-order valence-electron chi connectivity index (χ4n) is 4.23. The van der Waals surface area contributed by atoms with E-state index in [2.05, 4.69) is 42.2 Å². The van der Waals surface area contributed by atoms with Gasteiger partial charge in [-0.2, -0.15) is 0 Å². The topological polar surface area (TPSA) is 23.5 Å². The van der Waals surface area contributed by atoms with Crippen LogP contribution in [0.1, 0.15) is 38.2 Å². The van der Waals surface area contributed by atoms with Crippen molar-refractivity contribution in [3.05, 3.63) is 35.9 Å². The van der Waals surface area contributed by atoms with Crippen LogP contribution in [0.2, 0.25) is 0 Å². The van der Waals surface area contributed by atoms with Crippen molar-refractivity contribution in [3.8, 4) is 0 Å². The van der Waals surface area contributed by atoms with Gasteiger partial charge in [0.05, 0.1) is 6.10 Å². The highest BCUT2D eigenvalue weighted by molar-refractivity contribution is 5.15. The molecule has 0 spiro atoms. The lowest BCUT2D eigenvalue weighted by Crippen LogP contribution is -2.54. The molecule has 1 N–H and O–H groups in total. The highest BCUT2D eigenvalue weighted by atomic mass is 16.3. The van der Waals surface area contributed by atoms with Gasteiger partial charge in [0, 0.05) is 19.1 Å². The number of benzene rings is 1. The zero-order chi connectivity index (χ0) is 13.2. The van der Waals surface area contributed by atoms with E-state index in [1.165, 1.54) is 24.8 Å². The van der Waals surface area contributed by atoms with Gasteiger partial charge in [-0.3, -0.25) is 4.90 Å². The Morgan fingerprint density at radius 3 is 2.79 bits per heavy atom. The second kappa shape index (κ2) is 5.64. The van der Waals surface area contributed by atoms with Crippen molar-refractivity contribution in [3.63, 3.8) is 0 Å². The standard InChI is InChI=1S/C17H25NO/c1-13-6-5-9-15-10-16(19)12-18(17(13)15)11-14-7-3-2-4-8-14/h2-4,7-8,13,15-17,19H,5-6,9-12H2,1H3/t13-,15+,16-,17+/m1/s1. The minimum absolute atomic E-state index is 0.129. The maximum atomic E-state index is 10.1. The van der Waals surface area contributed by atoms with E-state index in [-0.39, 0.29) is 6.10 Å². The summed E-state index contributed by atoms with van der Waals surface area (Å²) >= 11 is 0. The first-order valence-electron chi connectivity index (χ1n) is 7.70. The first-order valence-corrected chi connectivity index (χ1v) is 7.70. The highest BCUT2D eigenvalue weighted by Crippen LogP contribution is 2.39. The fourth-order valence-corrected chi connectivity index (χ4v) is 4.23. The fraction of sp³-hybridized carbons (Fsp3) is 0.647. The first kappa shape index (κ1) is 13.1. The molecule has 1 aromatic carbocycles. The molecule has 2 aliphatic rings. The van der Waals surface area contributed by atoms with E-state index in [1.54, 1.807) is 0 Å². The van der Waals surface area contributed by atoms with Gasteiger partial charge in [0.2, 0.25) is 0 Å². The van der Waals surface area contributed by atoms with Crippen molar-refractivity contribution in [2.24, 2.45) is 11.8 Å². The molecule has 2 heteroatoms. The van der Waals surface area contributed by atoms with Crippen molar-refractivity contribution in [1.82, 2.24) is 4.90 Å². The van der Waals surface area contributed by atoms with E-state index in [1.807, 2.05) is 0 Å². The van der Waals surface area contributed by atoms with Gasteiger partial charge in [0.15, 0.2) is 0 Å². The van der Waals surface area contributed by atoms with Gasteiger partial charge < -0.3 is 5.11 Å². The molecule has 4 atom stereocenters. The van der Waals surface area contributed by atoms with Gasteiger partial charge in [0.1, 0.15) is 0 Å². The monoisotopic (exact) mass is 259 g/mol. The Kier molecular flexibility index (Phi) is 3.90. The maximum Gasteiger partial charge on any atom is 0.0670 e. The van der Waals surface area contributed by atoms with E-state index in [0.717, 1.165) is 25.4 Å². The summed E-state index contributed by atoms with van der Waals surface area (Å²) in [6.07, 6.45) is 4.88. The van der Waals surface area contributed by atoms with Crippen molar-refractivity contribution in [1.29, 1.82) is 0 Å². The number of rotatable bonds is 2. The Morgan fingerprint density at radius 1 is 1.21 bits per heavy atom. The summed E-state index contributed by atoms with van der Waals surface area (Å²) < 4.78 is 0. The molecule has 0 radical (unpaired) electrons. The van der Waals surface area contributed by atoms with Crippen molar-refractivity contribution in [2.75, 3.05) is 6.54 Å². The summed E-state index contributed by atoms with van der Waals surface area (Å²) in [5.41, 5.74) is 1.37. The second-order valence-electron chi connectivity index (χ2n) is 6.46. The third-order valence-corrected chi connectivity index (χ3v) is 4.97. The van der Waals surface area contributed by atoms with E-state index in [4.69, 9.17) is 0 Å². The lowest BCUT2D eigenvalue weighted by molar-refractivity contribution is -0.0437. The third kappa shape index (κ3) is 2.85. The van der Waals surface area contributed by atoms with Crippen LogP contribution < -0.4 is 0 Å². The third-order valence-electron chi connectivity index (χ3n) is 4.97. The van der Waals surface area contributed by atoms with Crippen molar-refractivity contribution >= 4 is 0 Å². The number of nitrogens with zero attached hydrogens (tertiary/aromatic N) is 1. The molecule has 3 rings (SSSR count). The summed E-state index contributed by atoms with van der Waals surface area (Å²) in [6, 6.07) is 11.4. The van der Waals surface area contributed by atoms with Gasteiger partial charge >= 0.3 is 0 Å². The molecule has 2 nitrogen and oxygen atoms in total. The summed E-state index contributed by atoms with van der Waals surface area (Å²) in [4.78, 5) is 2.54. The van der Waals surface area contributed by atoms with Crippen molar-refractivity contribution in [2.45, 2.75) is 51.3 Å². The molecular formula is C17H25NO. The molecule has 1 saturated heterocycles. The van der Waals surface area contributed by atoms with Gasteiger partial charge in [-0.15, -0.1) is 0 Å². The van der Waals surface area contributed by atoms with E-state index < -0.39 is 0 Å². The SMILES string of the molecule is C[C@@H]1CCC[C@H]2C[C@@H](O)CN(Cc3ccccc3)[C@H]21. The lowest BCUT2D eigenvalue weighted by atomic mass is 9.72. The number of β-amino-alcohol motifs (C(OH)–C–C–N with tert-alkyl or cyclic N) is 1. The van der Waals surface area contributed by atoms with Crippen LogP contribution in [0.5, 0.6) is 0 Å². The quantitative estimate of drug-likeness (QED) is 0.882. The van der Waals surface area contributed by atoms with Crippen molar-refractivity contribution < 1.29 is 5.11 Å². The average Bonchev–Trinajstić information content (AvgIpc) is 2.39. The average molecular weight is 259 g/mol. The number of aliphatic hydroxyl groups excluding tert-OH is 1. The number of piperidine rings is 1. The summed E-state index contributed by atoms with van der Waals surface area (Å²) in [7, 11) is 0. The summed E-state index contributed by atoms with van der Waals surface area (Å²) in [5.74, 6) is 1.48. The molecule has 19 heavy (non-hydrogen) atoms. The Balaban J connectivity index is 1.77. The largest absolute Gasteiger partial charge is 0.392 e. The van der Waals surface area contributed by atoms with Crippen LogP contribution in [-0.4, -0.2) is 28.7 Å². The predicted molar refractivity (Wildman–Crippen MR) is 77.8 cm³/mol. The van der Waals surface area contributed by atoms with Gasteiger partial charge in [0.25, 0.3) is 0 Å². The molecule has 1 heterocycles. The molecule has 0 aromatic heterocycles. The maximum absolute atomic E-state index is 10.1. The molecule has 1 aliphatic heterocycles. The number of likely N-dealkylation sites (tertiary alicyclic amines) is 1. The predicted octanol–water partition coefficient (Wildman–Crippen LogP) is 3.06. The van der Waals surface area contributed by atoms with Crippen LogP contribution in [0.25, 0.3) is 0 Å². The van der Waals surface area contributed by atoms with Crippen LogP contribution in [-0.2, 0) is 6.54 Å². The van der Waals surface area contributed by atoms with Gasteiger partial charge in [-0.05, 0) is 36.7 Å². The number of fused-ring (bicyclic) bond motifs is 1. The minimum atomic E-state index is -0.129. The zero-order valence-corrected chi connectivity index (χ0v) is 11.8. The molecule has 1 saturated carbocycles. The molecular weight excluding hydrogens is 234 g/mol. The van der Waals surface area contributed by atoms with Crippen LogP contribution in [0.15, 0.2) is 30.3 Å². The normalized spacial score (nSPS) is 35.9.